The zero-order valence-electron chi connectivity index (χ0n) is 10.0. The maximum absolute atomic E-state index is 13.5. The van der Waals surface area contributed by atoms with E-state index in [1.165, 1.54) is 0 Å². The maximum Gasteiger partial charge on any atom is 0.264 e. The molecule has 0 saturated heterocycles. The molecule has 0 heterocycles. The molecule has 6 heteroatoms. The SMILES string of the molecule is Cc1ccccc1NS(=O)(=O)c1ccc(F)cc1F. The van der Waals surface area contributed by atoms with Gasteiger partial charge >= 0.3 is 0 Å². The van der Waals surface area contributed by atoms with Crippen LogP contribution < -0.4 is 4.72 Å². The minimum Gasteiger partial charge on any atom is -0.279 e. The minimum absolute atomic E-state index is 0.353. The fourth-order valence-corrected chi connectivity index (χ4v) is 2.77. The van der Waals surface area contributed by atoms with Crippen molar-refractivity contribution < 1.29 is 17.2 Å². The first kappa shape index (κ1) is 13.5. The van der Waals surface area contributed by atoms with Crippen molar-refractivity contribution in [3.63, 3.8) is 0 Å². The highest BCUT2D eigenvalue weighted by Crippen LogP contribution is 2.21. The van der Waals surface area contributed by atoms with Gasteiger partial charge < -0.3 is 0 Å². The summed E-state index contributed by atoms with van der Waals surface area (Å²) in [5, 5.41) is 0. The molecular formula is C13H11F2NO2S. The molecule has 0 radical (unpaired) electrons. The molecule has 3 nitrogen and oxygen atoms in total. The second kappa shape index (κ2) is 4.97. The van der Waals surface area contributed by atoms with Gasteiger partial charge in [-0.05, 0) is 30.7 Å². The minimum atomic E-state index is -4.07. The Bertz CT molecular complexity index is 714. The predicted octanol–water partition coefficient (Wildman–Crippen LogP) is 3.07. The van der Waals surface area contributed by atoms with E-state index in [1.54, 1.807) is 31.2 Å². The van der Waals surface area contributed by atoms with E-state index in [0.29, 0.717) is 17.3 Å². The van der Waals surface area contributed by atoms with Crippen molar-refractivity contribution in [1.82, 2.24) is 0 Å². The molecule has 0 unspecified atom stereocenters. The van der Waals surface area contributed by atoms with Gasteiger partial charge in [0.25, 0.3) is 10.0 Å². The number of aryl methyl sites for hydroxylation is 1. The summed E-state index contributed by atoms with van der Waals surface area (Å²) in [7, 11) is -4.07. The first-order valence-corrected chi connectivity index (χ1v) is 6.92. The van der Waals surface area contributed by atoms with Crippen LogP contribution in [0.3, 0.4) is 0 Å². The van der Waals surface area contributed by atoms with Gasteiger partial charge in [0.1, 0.15) is 16.5 Å². The number of para-hydroxylation sites is 1. The number of hydrogen-bond acceptors (Lipinski definition) is 2. The zero-order valence-corrected chi connectivity index (χ0v) is 10.8. The molecule has 2 rings (SSSR count). The molecule has 0 aliphatic heterocycles. The van der Waals surface area contributed by atoms with Crippen molar-refractivity contribution in [2.45, 2.75) is 11.8 Å². The summed E-state index contributed by atoms with van der Waals surface area (Å²) in [5.41, 5.74) is 1.06. The van der Waals surface area contributed by atoms with Gasteiger partial charge in [-0.25, -0.2) is 17.2 Å². The fourth-order valence-electron chi connectivity index (χ4n) is 1.58. The van der Waals surface area contributed by atoms with Crippen LogP contribution in [0.15, 0.2) is 47.4 Å². The first-order valence-electron chi connectivity index (χ1n) is 5.43. The summed E-state index contributed by atoms with van der Waals surface area (Å²) in [6, 6.07) is 9.03. The molecule has 2 aromatic carbocycles. The maximum atomic E-state index is 13.5. The van der Waals surface area contributed by atoms with Gasteiger partial charge in [-0.1, -0.05) is 18.2 Å². The lowest BCUT2D eigenvalue weighted by Gasteiger charge is -2.10. The number of anilines is 1. The Balaban J connectivity index is 2.41. The highest BCUT2D eigenvalue weighted by Gasteiger charge is 2.20. The van der Waals surface area contributed by atoms with Crippen molar-refractivity contribution in [3.8, 4) is 0 Å². The summed E-state index contributed by atoms with van der Waals surface area (Å²) in [6.07, 6.45) is 0. The molecule has 1 N–H and O–H groups in total. The van der Waals surface area contributed by atoms with E-state index in [-0.39, 0.29) is 0 Å². The molecule has 0 aliphatic rings. The molecule has 0 spiro atoms. The van der Waals surface area contributed by atoms with Crippen LogP contribution in [0, 0.1) is 18.6 Å². The molecule has 0 atom stereocenters. The van der Waals surface area contributed by atoms with Gasteiger partial charge in [0.05, 0.1) is 5.69 Å². The molecule has 19 heavy (non-hydrogen) atoms. The second-order valence-corrected chi connectivity index (χ2v) is 5.65. The largest absolute Gasteiger partial charge is 0.279 e. The lowest BCUT2D eigenvalue weighted by molar-refractivity contribution is 0.551. The number of hydrogen-bond donors (Lipinski definition) is 1. The highest BCUT2D eigenvalue weighted by molar-refractivity contribution is 7.92. The smallest absolute Gasteiger partial charge is 0.264 e. The third-order valence-electron chi connectivity index (χ3n) is 2.57. The Kier molecular flexibility index (Phi) is 3.53. The fraction of sp³-hybridized carbons (Fsp3) is 0.0769. The number of nitrogens with one attached hydrogen (secondary N) is 1. The summed E-state index contributed by atoms with van der Waals surface area (Å²) < 4.78 is 52.6. The third kappa shape index (κ3) is 2.90. The molecule has 0 amide bonds. The Morgan fingerprint density at radius 2 is 1.74 bits per heavy atom. The van der Waals surface area contributed by atoms with E-state index in [4.69, 9.17) is 0 Å². The summed E-state index contributed by atoms with van der Waals surface area (Å²) >= 11 is 0. The van der Waals surface area contributed by atoms with Crippen molar-refractivity contribution in [2.24, 2.45) is 0 Å². The van der Waals surface area contributed by atoms with E-state index < -0.39 is 26.6 Å². The van der Waals surface area contributed by atoms with Crippen molar-refractivity contribution in [2.75, 3.05) is 4.72 Å². The van der Waals surface area contributed by atoms with Gasteiger partial charge in [-0.15, -0.1) is 0 Å². The third-order valence-corrected chi connectivity index (χ3v) is 3.97. The van der Waals surface area contributed by atoms with Gasteiger partial charge in [-0.2, -0.15) is 0 Å². The van der Waals surface area contributed by atoms with Crippen LogP contribution in [0.25, 0.3) is 0 Å². The van der Waals surface area contributed by atoms with Crippen LogP contribution in [0.2, 0.25) is 0 Å². The van der Waals surface area contributed by atoms with Crippen LogP contribution in [-0.4, -0.2) is 8.42 Å². The van der Waals surface area contributed by atoms with Gasteiger partial charge in [0.15, 0.2) is 0 Å². The Morgan fingerprint density at radius 1 is 1.05 bits per heavy atom. The Morgan fingerprint density at radius 3 is 2.37 bits per heavy atom. The molecule has 100 valence electrons. The first-order chi connectivity index (χ1) is 8.90. The highest BCUT2D eigenvalue weighted by atomic mass is 32.2. The molecule has 0 aliphatic carbocycles. The van der Waals surface area contributed by atoms with Crippen LogP contribution in [0.5, 0.6) is 0 Å². The summed E-state index contributed by atoms with van der Waals surface area (Å²) in [5.74, 6) is -1.95. The summed E-state index contributed by atoms with van der Waals surface area (Å²) in [4.78, 5) is -0.586. The molecule has 0 aromatic heterocycles. The average Bonchev–Trinajstić information content (AvgIpc) is 2.31. The van der Waals surface area contributed by atoms with Gasteiger partial charge in [0, 0.05) is 6.07 Å². The average molecular weight is 283 g/mol. The Hall–Kier alpha value is -1.95. The van der Waals surface area contributed by atoms with Crippen molar-refractivity contribution >= 4 is 15.7 Å². The molecule has 2 aromatic rings. The van der Waals surface area contributed by atoms with Crippen molar-refractivity contribution in [3.05, 3.63) is 59.7 Å². The van der Waals surface area contributed by atoms with Gasteiger partial charge in [-0.3, -0.25) is 4.72 Å². The molecule has 0 bridgehead atoms. The van der Waals surface area contributed by atoms with Crippen LogP contribution in [0.1, 0.15) is 5.56 Å². The second-order valence-electron chi connectivity index (χ2n) is 4.00. The normalized spacial score (nSPS) is 11.3. The predicted molar refractivity (Wildman–Crippen MR) is 68.3 cm³/mol. The van der Waals surface area contributed by atoms with E-state index in [1.807, 2.05) is 0 Å². The van der Waals surface area contributed by atoms with Crippen LogP contribution >= 0.6 is 0 Å². The van der Waals surface area contributed by atoms with Crippen molar-refractivity contribution in [1.29, 1.82) is 0 Å². The lowest BCUT2D eigenvalue weighted by atomic mass is 10.2. The standard InChI is InChI=1S/C13H11F2NO2S/c1-9-4-2-3-5-12(9)16-19(17,18)13-7-6-10(14)8-11(13)15/h2-8,16H,1H3. The quantitative estimate of drug-likeness (QED) is 0.941. The van der Waals surface area contributed by atoms with E-state index in [0.717, 1.165) is 12.1 Å². The van der Waals surface area contributed by atoms with Crippen LogP contribution in [-0.2, 0) is 10.0 Å². The monoisotopic (exact) mass is 283 g/mol. The molecular weight excluding hydrogens is 272 g/mol. The topological polar surface area (TPSA) is 46.2 Å². The molecule has 0 fully saturated rings. The zero-order chi connectivity index (χ0) is 14.0. The molecule has 0 saturated carbocycles. The lowest BCUT2D eigenvalue weighted by Crippen LogP contribution is -2.15. The summed E-state index contributed by atoms with van der Waals surface area (Å²) in [6.45, 7) is 1.72. The van der Waals surface area contributed by atoms with Crippen LogP contribution in [0.4, 0.5) is 14.5 Å². The Labute approximate surface area is 109 Å². The number of sulfonamides is 1. The number of rotatable bonds is 3. The number of halogens is 2. The number of benzene rings is 2. The van der Waals surface area contributed by atoms with E-state index in [9.17, 15) is 17.2 Å². The van der Waals surface area contributed by atoms with Gasteiger partial charge in [0.2, 0.25) is 0 Å². The van der Waals surface area contributed by atoms with E-state index >= 15 is 0 Å². The van der Waals surface area contributed by atoms with E-state index in [2.05, 4.69) is 4.72 Å².